The van der Waals surface area contributed by atoms with Gasteiger partial charge in [0.2, 0.25) is 5.91 Å². The Kier molecular flexibility index (Phi) is 6.60. The number of rotatable bonds is 7. The molecule has 8 heteroatoms. The zero-order chi connectivity index (χ0) is 22.6. The third-order valence-electron chi connectivity index (χ3n) is 4.86. The molecule has 7 nitrogen and oxygen atoms in total. The predicted molar refractivity (Wildman–Crippen MR) is 118 cm³/mol. The Morgan fingerprint density at radius 1 is 0.968 bits per heavy atom. The molecule has 31 heavy (non-hydrogen) atoms. The second-order valence-corrected chi connectivity index (χ2v) is 9.31. The van der Waals surface area contributed by atoms with Crippen LogP contribution in [-0.2, 0) is 20.4 Å². The van der Waals surface area contributed by atoms with Gasteiger partial charge in [0.25, 0.3) is 5.91 Å². The van der Waals surface area contributed by atoms with E-state index in [1.165, 1.54) is 36.4 Å². The van der Waals surface area contributed by atoms with Gasteiger partial charge in [-0.15, -0.1) is 0 Å². The summed E-state index contributed by atoms with van der Waals surface area (Å²) in [5.41, 5.74) is 2.79. The Morgan fingerprint density at radius 2 is 1.61 bits per heavy atom. The van der Waals surface area contributed by atoms with E-state index < -0.39 is 15.7 Å². The molecule has 0 fully saturated rings. The lowest BCUT2D eigenvalue weighted by Crippen LogP contribution is -2.35. The van der Waals surface area contributed by atoms with Crippen LogP contribution in [0.5, 0.6) is 0 Å². The van der Waals surface area contributed by atoms with Crippen molar-refractivity contribution < 1.29 is 22.4 Å². The molecule has 0 aliphatic rings. The van der Waals surface area contributed by atoms with Gasteiger partial charge in [-0.05, 0) is 43.2 Å². The van der Waals surface area contributed by atoms with Gasteiger partial charge in [0.1, 0.15) is 0 Å². The average molecular weight is 441 g/mol. The van der Waals surface area contributed by atoms with Crippen molar-refractivity contribution in [1.29, 1.82) is 0 Å². The molecular formula is C23H24N2O5S. The van der Waals surface area contributed by atoms with Crippen molar-refractivity contribution >= 4 is 27.3 Å². The number of carbonyl (C=O) groups excluding carboxylic acids is 2. The molecule has 0 unspecified atom stereocenters. The van der Waals surface area contributed by atoms with Gasteiger partial charge < -0.3 is 14.6 Å². The molecule has 1 heterocycles. The summed E-state index contributed by atoms with van der Waals surface area (Å²) in [4.78, 5) is 26.7. The second-order valence-electron chi connectivity index (χ2n) is 7.32. The first-order chi connectivity index (χ1) is 14.7. The number of para-hydroxylation sites is 1. The smallest absolute Gasteiger partial charge is 0.290 e. The van der Waals surface area contributed by atoms with Crippen LogP contribution in [0.2, 0.25) is 0 Å². The van der Waals surface area contributed by atoms with Crippen LogP contribution in [0.25, 0.3) is 0 Å². The largest absolute Gasteiger partial charge is 0.459 e. The molecule has 0 radical (unpaired) electrons. The van der Waals surface area contributed by atoms with Gasteiger partial charge in [-0.2, -0.15) is 0 Å². The Hall–Kier alpha value is -3.39. The summed E-state index contributed by atoms with van der Waals surface area (Å²) < 4.78 is 30.6. The lowest BCUT2D eigenvalue weighted by molar-refractivity contribution is -0.116. The maximum atomic E-state index is 12.8. The van der Waals surface area contributed by atoms with Crippen LogP contribution in [0.4, 0.5) is 5.69 Å². The molecule has 0 aliphatic carbocycles. The van der Waals surface area contributed by atoms with Gasteiger partial charge in [0, 0.05) is 18.3 Å². The van der Waals surface area contributed by atoms with Crippen molar-refractivity contribution in [3.8, 4) is 0 Å². The van der Waals surface area contributed by atoms with Crippen molar-refractivity contribution in [2.24, 2.45) is 0 Å². The molecule has 3 aromatic rings. The molecule has 2 amide bonds. The Balaban J connectivity index is 1.71. The van der Waals surface area contributed by atoms with E-state index in [-0.39, 0.29) is 34.4 Å². The molecule has 1 N–H and O–H groups in total. The zero-order valence-corrected chi connectivity index (χ0v) is 18.4. The van der Waals surface area contributed by atoms with E-state index in [0.717, 1.165) is 11.1 Å². The number of sulfone groups is 1. The Bertz CT molecular complexity index is 1180. The first-order valence-electron chi connectivity index (χ1n) is 9.65. The van der Waals surface area contributed by atoms with E-state index in [0.29, 0.717) is 5.69 Å². The number of hydrogen-bond donors (Lipinski definition) is 1. The highest BCUT2D eigenvalue weighted by Crippen LogP contribution is 2.22. The van der Waals surface area contributed by atoms with E-state index in [1.807, 2.05) is 32.0 Å². The van der Waals surface area contributed by atoms with E-state index in [9.17, 15) is 18.0 Å². The molecule has 1 aromatic heterocycles. The van der Waals surface area contributed by atoms with E-state index in [4.69, 9.17) is 4.42 Å². The lowest BCUT2D eigenvalue weighted by Gasteiger charge is -2.18. The second kappa shape index (κ2) is 9.18. The molecule has 0 aliphatic heterocycles. The van der Waals surface area contributed by atoms with Crippen LogP contribution < -0.4 is 5.32 Å². The summed E-state index contributed by atoms with van der Waals surface area (Å²) in [6, 6.07) is 15.1. The topological polar surface area (TPSA) is 96.7 Å². The zero-order valence-electron chi connectivity index (χ0n) is 17.6. The van der Waals surface area contributed by atoms with Crippen LogP contribution >= 0.6 is 0 Å². The molecule has 0 saturated carbocycles. The molecule has 0 atom stereocenters. The standard InChI is InChI=1S/C23H24N2O5S/c1-16-8-7-9-17(2)21(16)24-20(26)14-25(3)23(27)22-18(12-13-30-22)15-31(28,29)19-10-5-4-6-11-19/h4-13H,14-15H2,1-3H3,(H,24,26). The number of benzene rings is 2. The van der Waals surface area contributed by atoms with Gasteiger partial charge in [0.15, 0.2) is 15.6 Å². The first kappa shape index (κ1) is 22.3. The van der Waals surface area contributed by atoms with Crippen LogP contribution in [0.3, 0.4) is 0 Å². The fourth-order valence-corrected chi connectivity index (χ4v) is 4.58. The highest BCUT2D eigenvalue weighted by atomic mass is 32.2. The van der Waals surface area contributed by atoms with Gasteiger partial charge in [-0.25, -0.2) is 8.42 Å². The number of nitrogens with zero attached hydrogens (tertiary/aromatic N) is 1. The van der Waals surface area contributed by atoms with Gasteiger partial charge in [0.05, 0.1) is 23.5 Å². The number of furan rings is 1. The van der Waals surface area contributed by atoms with Gasteiger partial charge in [-0.3, -0.25) is 9.59 Å². The van der Waals surface area contributed by atoms with Gasteiger partial charge in [-0.1, -0.05) is 36.4 Å². The van der Waals surface area contributed by atoms with Crippen molar-refractivity contribution in [1.82, 2.24) is 4.90 Å². The number of amides is 2. The fraction of sp³-hybridized carbons (Fsp3) is 0.217. The van der Waals surface area contributed by atoms with Gasteiger partial charge >= 0.3 is 0 Å². The van der Waals surface area contributed by atoms with Crippen molar-refractivity contribution in [2.45, 2.75) is 24.5 Å². The molecular weight excluding hydrogens is 416 g/mol. The quantitative estimate of drug-likeness (QED) is 0.606. The van der Waals surface area contributed by atoms with Crippen LogP contribution in [0.15, 0.2) is 70.2 Å². The Labute approximate surface area is 181 Å². The summed E-state index contributed by atoms with van der Waals surface area (Å²) in [7, 11) is -2.19. The minimum absolute atomic E-state index is 0.0955. The van der Waals surface area contributed by atoms with E-state index in [2.05, 4.69) is 5.32 Å². The normalized spacial score (nSPS) is 11.2. The van der Waals surface area contributed by atoms with E-state index >= 15 is 0 Å². The number of likely N-dealkylation sites (N-methyl/N-ethyl adjacent to an activating group) is 1. The molecule has 0 bridgehead atoms. The minimum Gasteiger partial charge on any atom is -0.459 e. The third-order valence-corrected chi connectivity index (χ3v) is 6.54. The predicted octanol–water partition coefficient (Wildman–Crippen LogP) is 3.58. The number of carbonyl (C=O) groups is 2. The summed E-state index contributed by atoms with van der Waals surface area (Å²) in [6.07, 6.45) is 1.27. The summed E-state index contributed by atoms with van der Waals surface area (Å²) in [5.74, 6) is -1.41. The molecule has 162 valence electrons. The van der Waals surface area contributed by atoms with Crippen molar-refractivity contribution in [3.63, 3.8) is 0 Å². The Morgan fingerprint density at radius 3 is 2.26 bits per heavy atom. The molecule has 2 aromatic carbocycles. The maximum Gasteiger partial charge on any atom is 0.290 e. The molecule has 0 spiro atoms. The van der Waals surface area contributed by atoms with Crippen molar-refractivity contribution in [3.05, 3.63) is 83.3 Å². The summed E-state index contributed by atoms with van der Waals surface area (Å²) in [5, 5.41) is 2.82. The molecule has 0 saturated heterocycles. The lowest BCUT2D eigenvalue weighted by atomic mass is 10.1. The monoisotopic (exact) mass is 440 g/mol. The third kappa shape index (κ3) is 5.21. The number of aryl methyl sites for hydroxylation is 2. The van der Waals surface area contributed by atoms with E-state index in [1.54, 1.807) is 18.2 Å². The first-order valence-corrected chi connectivity index (χ1v) is 11.3. The maximum absolute atomic E-state index is 12.8. The van der Waals surface area contributed by atoms with Crippen molar-refractivity contribution in [2.75, 3.05) is 18.9 Å². The number of hydrogen-bond acceptors (Lipinski definition) is 5. The van der Waals surface area contributed by atoms with Crippen LogP contribution in [0, 0.1) is 13.8 Å². The fourth-order valence-electron chi connectivity index (χ4n) is 3.20. The average Bonchev–Trinajstić information content (AvgIpc) is 3.18. The van der Waals surface area contributed by atoms with Crippen LogP contribution in [-0.4, -0.2) is 38.7 Å². The summed E-state index contributed by atoms with van der Waals surface area (Å²) in [6.45, 7) is 3.57. The SMILES string of the molecule is Cc1cccc(C)c1NC(=O)CN(C)C(=O)c1occc1CS(=O)(=O)c1ccccc1. The number of nitrogens with one attached hydrogen (secondary N) is 1. The number of anilines is 1. The highest BCUT2D eigenvalue weighted by Gasteiger charge is 2.25. The van der Waals surface area contributed by atoms with Crippen LogP contribution in [0.1, 0.15) is 27.2 Å². The minimum atomic E-state index is -3.65. The highest BCUT2D eigenvalue weighted by molar-refractivity contribution is 7.90. The summed E-state index contributed by atoms with van der Waals surface area (Å²) >= 11 is 0. The molecule has 3 rings (SSSR count).